The van der Waals surface area contributed by atoms with E-state index in [1.807, 2.05) is 60.8 Å². The highest BCUT2D eigenvalue weighted by Crippen LogP contribution is 2.30. The number of halogens is 1. The van der Waals surface area contributed by atoms with Crippen LogP contribution in [0.15, 0.2) is 83.0 Å². The lowest BCUT2D eigenvalue weighted by Crippen LogP contribution is -2.26. The van der Waals surface area contributed by atoms with Crippen molar-refractivity contribution in [1.82, 2.24) is 10.3 Å². The summed E-state index contributed by atoms with van der Waals surface area (Å²) in [6.07, 6.45) is 4.15. The number of H-pyrrole nitrogens is 1. The fraction of sp³-hybridized carbons (Fsp3) is 0.143. The summed E-state index contributed by atoms with van der Waals surface area (Å²) in [6.45, 7) is 0.812. The van der Waals surface area contributed by atoms with E-state index in [-0.39, 0.29) is 5.57 Å². The third-order valence-electron chi connectivity index (χ3n) is 5.53. The molecule has 0 fully saturated rings. The average molecular weight is 530 g/mol. The Morgan fingerprint density at radius 1 is 1.11 bits per heavy atom. The Morgan fingerprint density at radius 2 is 1.91 bits per heavy atom. The van der Waals surface area contributed by atoms with Crippen molar-refractivity contribution in [3.8, 4) is 17.6 Å². The summed E-state index contributed by atoms with van der Waals surface area (Å²) in [7, 11) is 1.55. The standard InChI is InChI=1S/C28H24BrN3O3/c1-34-27-15-20(8-11-26(27)35-18-19-6-9-23(29)10-7-19)14-22(16-30)28(33)31-13-12-21-17-32-25-5-3-2-4-24(21)25/h2-11,14-15,17,32H,12-13,18H2,1H3,(H,31,33)/b22-14-. The maximum Gasteiger partial charge on any atom is 0.261 e. The first-order valence-electron chi connectivity index (χ1n) is 11.1. The quantitative estimate of drug-likeness (QED) is 0.212. The number of aromatic nitrogens is 1. The molecule has 2 N–H and O–H groups in total. The van der Waals surface area contributed by atoms with Gasteiger partial charge in [-0.1, -0.05) is 52.3 Å². The molecule has 1 aromatic heterocycles. The molecule has 0 unspecified atom stereocenters. The van der Waals surface area contributed by atoms with Crippen molar-refractivity contribution in [1.29, 1.82) is 5.26 Å². The number of nitrogens with one attached hydrogen (secondary N) is 2. The first kappa shape index (κ1) is 24.1. The molecule has 1 amide bonds. The van der Waals surface area contributed by atoms with Crippen LogP contribution in [0.1, 0.15) is 16.7 Å². The number of nitrogens with zero attached hydrogens (tertiary/aromatic N) is 1. The fourth-order valence-electron chi connectivity index (χ4n) is 3.69. The van der Waals surface area contributed by atoms with Crippen LogP contribution in [0.3, 0.4) is 0 Å². The zero-order valence-electron chi connectivity index (χ0n) is 19.2. The molecule has 176 valence electrons. The van der Waals surface area contributed by atoms with E-state index in [2.05, 4.69) is 26.2 Å². The Morgan fingerprint density at radius 3 is 2.69 bits per heavy atom. The molecule has 0 aliphatic heterocycles. The Bertz CT molecular complexity index is 1400. The van der Waals surface area contributed by atoms with E-state index in [1.54, 1.807) is 31.4 Å². The normalized spacial score (nSPS) is 11.2. The molecule has 0 saturated heterocycles. The second-order valence-corrected chi connectivity index (χ2v) is 8.78. The van der Waals surface area contributed by atoms with Gasteiger partial charge in [-0.25, -0.2) is 0 Å². The molecule has 0 radical (unpaired) electrons. The third-order valence-corrected chi connectivity index (χ3v) is 6.05. The van der Waals surface area contributed by atoms with Crippen LogP contribution in [0, 0.1) is 11.3 Å². The molecule has 0 spiro atoms. The van der Waals surface area contributed by atoms with Crippen molar-refractivity contribution in [3.05, 3.63) is 99.7 Å². The molecule has 0 aliphatic carbocycles. The Balaban J connectivity index is 1.39. The molecule has 0 atom stereocenters. The van der Waals surface area contributed by atoms with Gasteiger partial charge in [0.15, 0.2) is 11.5 Å². The number of rotatable bonds is 9. The van der Waals surface area contributed by atoms with E-state index in [1.165, 1.54) is 0 Å². The third kappa shape index (κ3) is 6.11. The summed E-state index contributed by atoms with van der Waals surface area (Å²) < 4.78 is 12.4. The number of hydrogen-bond donors (Lipinski definition) is 2. The smallest absolute Gasteiger partial charge is 0.261 e. The van der Waals surface area contributed by atoms with Gasteiger partial charge < -0.3 is 19.8 Å². The molecular weight excluding hydrogens is 506 g/mol. The Hall–Kier alpha value is -4.02. The molecule has 1 heterocycles. The van der Waals surface area contributed by atoms with E-state index in [4.69, 9.17) is 9.47 Å². The lowest BCUT2D eigenvalue weighted by atomic mass is 10.1. The molecule has 0 saturated carbocycles. The second-order valence-electron chi connectivity index (χ2n) is 7.86. The molecule has 0 bridgehead atoms. The maximum atomic E-state index is 12.6. The first-order valence-corrected chi connectivity index (χ1v) is 11.9. The minimum Gasteiger partial charge on any atom is -0.493 e. The van der Waals surface area contributed by atoms with Crippen LogP contribution in [0.4, 0.5) is 0 Å². The predicted molar refractivity (Wildman–Crippen MR) is 140 cm³/mol. The Labute approximate surface area is 212 Å². The van der Waals surface area contributed by atoms with Crippen molar-refractivity contribution in [2.24, 2.45) is 0 Å². The summed E-state index contributed by atoms with van der Waals surface area (Å²) in [5.74, 6) is 0.684. The number of aromatic amines is 1. The summed E-state index contributed by atoms with van der Waals surface area (Å²) in [5.41, 5.74) is 3.89. The number of carbonyl (C=O) groups excluding carboxylic acids is 1. The van der Waals surface area contributed by atoms with E-state index in [0.29, 0.717) is 36.6 Å². The molecular formula is C28H24BrN3O3. The van der Waals surface area contributed by atoms with Gasteiger partial charge in [-0.15, -0.1) is 0 Å². The first-order chi connectivity index (χ1) is 17.1. The van der Waals surface area contributed by atoms with Crippen LogP contribution in [-0.2, 0) is 17.8 Å². The predicted octanol–water partition coefficient (Wildman–Crippen LogP) is 5.78. The number of amides is 1. The molecule has 35 heavy (non-hydrogen) atoms. The van der Waals surface area contributed by atoms with E-state index in [9.17, 15) is 10.1 Å². The van der Waals surface area contributed by atoms with Gasteiger partial charge in [-0.2, -0.15) is 5.26 Å². The molecule has 4 rings (SSSR count). The lowest BCUT2D eigenvalue weighted by Gasteiger charge is -2.12. The molecule has 6 nitrogen and oxygen atoms in total. The van der Waals surface area contributed by atoms with Gasteiger partial charge in [0, 0.05) is 28.1 Å². The van der Waals surface area contributed by atoms with E-state index >= 15 is 0 Å². The molecule has 3 aromatic carbocycles. The minimum atomic E-state index is -0.415. The summed E-state index contributed by atoms with van der Waals surface area (Å²) in [6, 6.07) is 23.2. The highest BCUT2D eigenvalue weighted by molar-refractivity contribution is 9.10. The molecule has 4 aromatic rings. The Kier molecular flexibility index (Phi) is 7.86. The van der Waals surface area contributed by atoms with Gasteiger partial charge in [0.05, 0.1) is 7.11 Å². The van der Waals surface area contributed by atoms with Crippen molar-refractivity contribution in [2.75, 3.05) is 13.7 Å². The maximum absolute atomic E-state index is 12.6. The number of benzene rings is 3. The second kappa shape index (κ2) is 11.4. The molecule has 7 heteroatoms. The van der Waals surface area contributed by atoms with Crippen LogP contribution in [0.5, 0.6) is 11.5 Å². The van der Waals surface area contributed by atoms with E-state index in [0.717, 1.165) is 26.5 Å². The van der Waals surface area contributed by atoms with Crippen LogP contribution >= 0.6 is 15.9 Å². The highest BCUT2D eigenvalue weighted by Gasteiger charge is 2.11. The number of fused-ring (bicyclic) bond motifs is 1. The summed E-state index contributed by atoms with van der Waals surface area (Å²) in [4.78, 5) is 15.8. The van der Waals surface area contributed by atoms with Crippen LogP contribution in [0.25, 0.3) is 17.0 Å². The van der Waals surface area contributed by atoms with Gasteiger partial charge in [0.1, 0.15) is 18.2 Å². The van der Waals surface area contributed by atoms with Crippen LogP contribution < -0.4 is 14.8 Å². The van der Waals surface area contributed by atoms with Gasteiger partial charge in [-0.3, -0.25) is 4.79 Å². The SMILES string of the molecule is COc1cc(/C=C(/C#N)C(=O)NCCc2c[nH]c3ccccc23)ccc1OCc1ccc(Br)cc1. The van der Waals surface area contributed by atoms with Crippen molar-refractivity contribution in [3.63, 3.8) is 0 Å². The number of hydrogen-bond acceptors (Lipinski definition) is 4. The van der Waals surface area contributed by atoms with Gasteiger partial charge >= 0.3 is 0 Å². The van der Waals surface area contributed by atoms with E-state index < -0.39 is 5.91 Å². The van der Waals surface area contributed by atoms with Crippen LogP contribution in [0.2, 0.25) is 0 Å². The number of methoxy groups -OCH3 is 1. The van der Waals surface area contributed by atoms with Gasteiger partial charge in [0.2, 0.25) is 0 Å². The number of nitriles is 1. The van der Waals surface area contributed by atoms with Crippen molar-refractivity contribution < 1.29 is 14.3 Å². The largest absolute Gasteiger partial charge is 0.493 e. The number of carbonyl (C=O) groups is 1. The average Bonchev–Trinajstić information content (AvgIpc) is 3.30. The number of para-hydroxylation sites is 1. The zero-order chi connectivity index (χ0) is 24.6. The van der Waals surface area contributed by atoms with Crippen LogP contribution in [-0.4, -0.2) is 24.5 Å². The van der Waals surface area contributed by atoms with Crippen molar-refractivity contribution >= 4 is 38.8 Å². The summed E-state index contributed by atoms with van der Waals surface area (Å²) >= 11 is 3.42. The van der Waals surface area contributed by atoms with Gasteiger partial charge in [-0.05, 0) is 59.5 Å². The minimum absolute atomic E-state index is 0.0227. The molecule has 0 aliphatic rings. The topological polar surface area (TPSA) is 87.1 Å². The van der Waals surface area contributed by atoms with Crippen molar-refractivity contribution in [2.45, 2.75) is 13.0 Å². The lowest BCUT2D eigenvalue weighted by molar-refractivity contribution is -0.117. The summed E-state index contributed by atoms with van der Waals surface area (Å²) in [5, 5.41) is 13.5. The number of ether oxygens (including phenoxy) is 2. The van der Waals surface area contributed by atoms with Gasteiger partial charge in [0.25, 0.3) is 5.91 Å². The monoisotopic (exact) mass is 529 g/mol. The highest BCUT2D eigenvalue weighted by atomic mass is 79.9. The zero-order valence-corrected chi connectivity index (χ0v) is 20.8. The fourth-order valence-corrected chi connectivity index (χ4v) is 3.96.